The Morgan fingerprint density at radius 2 is 1.57 bits per heavy atom. The molecular weight excluding hydrogens is 119 g/mol. The minimum Gasteiger partial charge on any atom is -0.631 e. The fourth-order valence-electron chi connectivity index (χ4n) is 0. The van der Waals surface area contributed by atoms with Crippen LogP contribution in [-0.2, 0) is 0 Å². The van der Waals surface area contributed by atoms with Crippen molar-refractivity contribution < 1.29 is 4.89 Å². The van der Waals surface area contributed by atoms with Crippen molar-refractivity contribution in [3.05, 3.63) is 7.43 Å². The Bertz CT molecular complexity index is 34.7. The molecule has 0 N–H and O–H groups in total. The molecule has 0 amide bonds. The molecule has 1 nitrogen and oxygen atoms in total. The van der Waals surface area contributed by atoms with Crippen LogP contribution in [0.4, 0.5) is 0 Å². The molecular formula is C4H12MgOP+. The summed E-state index contributed by atoms with van der Waals surface area (Å²) in [4.78, 5) is 9.48. The smallest absolute Gasteiger partial charge is 0.631 e. The van der Waals surface area contributed by atoms with Gasteiger partial charge in [-0.15, -0.1) is 0 Å². The van der Waals surface area contributed by atoms with Gasteiger partial charge in [0.15, 0.2) is 0 Å². The van der Waals surface area contributed by atoms with Crippen molar-refractivity contribution >= 4 is 37.1 Å². The fourth-order valence-corrected chi connectivity index (χ4v) is 0. The van der Waals surface area contributed by atoms with E-state index in [1.165, 1.54) is 0 Å². The average Bonchev–Trinajstić information content (AvgIpc) is 0.811. The molecule has 0 aromatic heterocycles. The maximum Gasteiger partial charge on any atom is 2.00 e. The van der Waals surface area contributed by atoms with Crippen molar-refractivity contribution in [3.63, 3.8) is 0 Å². The molecule has 0 aliphatic heterocycles. The summed E-state index contributed by atoms with van der Waals surface area (Å²) in [5.41, 5.74) is 0. The zero-order valence-electron chi connectivity index (χ0n) is 4.27. The molecule has 0 radical (unpaired) electrons. The Morgan fingerprint density at radius 1 is 1.57 bits per heavy atom. The Morgan fingerprint density at radius 3 is 1.57 bits per heavy atom. The molecule has 0 heterocycles. The second-order valence-electron chi connectivity index (χ2n) is 0.628. The van der Waals surface area contributed by atoms with E-state index in [1.54, 1.807) is 6.66 Å². The van der Waals surface area contributed by atoms with Gasteiger partial charge in [-0.05, 0) is 0 Å². The van der Waals surface area contributed by atoms with E-state index in [0.29, 0.717) is 0 Å². The summed E-state index contributed by atoms with van der Waals surface area (Å²) < 4.78 is 0. The molecule has 3 heteroatoms. The molecule has 0 bridgehead atoms. The van der Waals surface area contributed by atoms with Gasteiger partial charge >= 0.3 is 23.1 Å². The van der Waals surface area contributed by atoms with Gasteiger partial charge in [-0.2, -0.15) is 0 Å². The first-order valence-corrected chi connectivity index (χ1v) is 2.84. The van der Waals surface area contributed by atoms with E-state index < -0.39 is 7.77 Å². The number of rotatable bonds is 0. The SMILES string of the molecule is C.C=[P+](C)[O-].[CH3-].[Mg+2]. The Balaban J connectivity index is -0.0000000150. The van der Waals surface area contributed by atoms with Crippen LogP contribution in [-0.4, -0.2) is 36.0 Å². The molecule has 1 unspecified atom stereocenters. The molecule has 40 valence electrons. The predicted octanol–water partition coefficient (Wildman–Crippen LogP) is 0.511. The van der Waals surface area contributed by atoms with E-state index in [2.05, 4.69) is 6.30 Å². The summed E-state index contributed by atoms with van der Waals surface area (Å²) in [5, 5.41) is 0. The van der Waals surface area contributed by atoms with Crippen molar-refractivity contribution in [1.82, 2.24) is 0 Å². The van der Waals surface area contributed by atoms with E-state index in [0.717, 1.165) is 0 Å². The van der Waals surface area contributed by atoms with Crippen LogP contribution < -0.4 is 4.89 Å². The largest absolute Gasteiger partial charge is 2.00 e. The van der Waals surface area contributed by atoms with E-state index in [9.17, 15) is 4.89 Å². The summed E-state index contributed by atoms with van der Waals surface area (Å²) >= 11 is 0. The van der Waals surface area contributed by atoms with Gasteiger partial charge in [0, 0.05) is 7.77 Å². The van der Waals surface area contributed by atoms with Gasteiger partial charge in [0.1, 0.15) is 0 Å². The fraction of sp³-hybridized carbons (Fsp3) is 0.500. The maximum atomic E-state index is 9.48. The van der Waals surface area contributed by atoms with Gasteiger partial charge in [0.05, 0.1) is 13.0 Å². The van der Waals surface area contributed by atoms with Crippen LogP contribution in [0, 0.1) is 7.43 Å². The van der Waals surface area contributed by atoms with Gasteiger partial charge < -0.3 is 12.3 Å². The topological polar surface area (TPSA) is 23.1 Å². The first kappa shape index (κ1) is 24.7. The normalized spacial score (nSPS) is 6.29. The van der Waals surface area contributed by atoms with Crippen LogP contribution in [0.3, 0.4) is 0 Å². The van der Waals surface area contributed by atoms with Gasteiger partial charge in [-0.3, -0.25) is 0 Å². The third kappa shape index (κ3) is 206. The first-order chi connectivity index (χ1) is 1.73. The summed E-state index contributed by atoms with van der Waals surface area (Å²) in [5.74, 6) is 0. The summed E-state index contributed by atoms with van der Waals surface area (Å²) in [6.07, 6.45) is 3.15. The molecule has 0 fully saturated rings. The third-order valence-corrected chi connectivity index (χ3v) is 0. The van der Waals surface area contributed by atoms with Gasteiger partial charge in [-0.1, -0.05) is 7.43 Å². The first-order valence-electron chi connectivity index (χ1n) is 0.946. The minimum atomic E-state index is -1.12. The van der Waals surface area contributed by atoms with E-state index in [1.807, 2.05) is 0 Å². The summed E-state index contributed by atoms with van der Waals surface area (Å²) in [7, 11) is -1.12. The Kier molecular flexibility index (Phi) is 55.8. The summed E-state index contributed by atoms with van der Waals surface area (Å²) in [6, 6.07) is 0. The molecule has 0 saturated carbocycles. The maximum absolute atomic E-state index is 9.48. The van der Waals surface area contributed by atoms with Crippen molar-refractivity contribution in [3.8, 4) is 0 Å². The molecule has 1 atom stereocenters. The van der Waals surface area contributed by atoms with Crippen LogP contribution in [0.2, 0.25) is 0 Å². The van der Waals surface area contributed by atoms with Crippen molar-refractivity contribution in [2.45, 2.75) is 7.43 Å². The Hall–Kier alpha value is 0.896. The quantitative estimate of drug-likeness (QED) is 0.267. The van der Waals surface area contributed by atoms with Crippen LogP contribution in [0.15, 0.2) is 0 Å². The van der Waals surface area contributed by atoms with E-state index in [-0.39, 0.29) is 37.9 Å². The molecule has 0 aromatic rings. The van der Waals surface area contributed by atoms with Crippen molar-refractivity contribution in [2.75, 3.05) is 6.66 Å². The molecule has 7 heavy (non-hydrogen) atoms. The van der Waals surface area contributed by atoms with Crippen molar-refractivity contribution in [1.29, 1.82) is 0 Å². The van der Waals surface area contributed by atoms with Gasteiger partial charge in [0.25, 0.3) is 0 Å². The van der Waals surface area contributed by atoms with E-state index in [4.69, 9.17) is 0 Å². The van der Waals surface area contributed by atoms with Crippen LogP contribution >= 0.6 is 7.77 Å². The minimum absolute atomic E-state index is 0. The Labute approximate surface area is 63.8 Å². The molecule has 0 aromatic carbocycles. The molecule has 0 aliphatic carbocycles. The number of hydrogen-bond acceptors (Lipinski definition) is 1. The second kappa shape index (κ2) is 15.8. The van der Waals surface area contributed by atoms with Gasteiger partial charge in [-0.25, -0.2) is 0 Å². The van der Waals surface area contributed by atoms with Crippen LogP contribution in [0.1, 0.15) is 7.43 Å². The van der Waals surface area contributed by atoms with Crippen molar-refractivity contribution in [2.24, 2.45) is 0 Å². The van der Waals surface area contributed by atoms with Crippen LogP contribution in [0.25, 0.3) is 0 Å². The zero-order valence-corrected chi connectivity index (χ0v) is 6.58. The monoisotopic (exact) mass is 131 g/mol. The standard InChI is InChI=1S/C2H5OP.CH4.CH3.Mg/c1-4(2)3;;;/h1H2,2H3;1H4;1H3;/q;;-1;+2. The van der Waals surface area contributed by atoms with Crippen LogP contribution in [0.5, 0.6) is 0 Å². The second-order valence-corrected chi connectivity index (χ2v) is 1.88. The summed E-state index contributed by atoms with van der Waals surface area (Å²) in [6.45, 7) is 1.56. The predicted molar refractivity (Wildman–Crippen MR) is 38.9 cm³/mol. The van der Waals surface area contributed by atoms with E-state index >= 15 is 0 Å². The average molecular weight is 131 g/mol. The molecule has 0 spiro atoms. The molecule has 0 aliphatic rings. The van der Waals surface area contributed by atoms with Gasteiger partial charge in [0.2, 0.25) is 0 Å². The molecule has 0 saturated heterocycles. The molecule has 0 rings (SSSR count). The third-order valence-electron chi connectivity index (χ3n) is 0. The zero-order chi connectivity index (χ0) is 3.58. The number of hydrogen-bond donors (Lipinski definition) is 0.